The lowest BCUT2D eigenvalue weighted by Crippen LogP contribution is -2.30. The highest BCUT2D eigenvalue weighted by Crippen LogP contribution is 2.18. The summed E-state index contributed by atoms with van der Waals surface area (Å²) in [5.41, 5.74) is 2.49. The standard InChI is InChI=1S/C11H12N4S2/c16-11-13-5-8-6-15(3-1-9(8)14-11)7-10-12-2-4-17-10/h2,4-5H,1,3,6-7H2,(H,13,14,16). The molecule has 0 radical (unpaired) electrons. The number of aromatic nitrogens is 3. The predicted octanol–water partition coefficient (Wildman–Crippen LogP) is 2.15. The molecule has 2 aromatic heterocycles. The Morgan fingerprint density at radius 2 is 2.41 bits per heavy atom. The van der Waals surface area contributed by atoms with Gasteiger partial charge in [0, 0.05) is 48.5 Å². The lowest BCUT2D eigenvalue weighted by atomic mass is 10.1. The van der Waals surface area contributed by atoms with E-state index in [0.29, 0.717) is 4.77 Å². The number of H-pyrrole nitrogens is 1. The first kappa shape index (κ1) is 11.0. The lowest BCUT2D eigenvalue weighted by Gasteiger charge is -2.27. The number of nitrogens with one attached hydrogen (secondary N) is 1. The van der Waals surface area contributed by atoms with Crippen molar-refractivity contribution in [2.75, 3.05) is 6.54 Å². The summed E-state index contributed by atoms with van der Waals surface area (Å²) >= 11 is 6.74. The molecule has 1 aliphatic rings. The van der Waals surface area contributed by atoms with Crippen LogP contribution in [0.3, 0.4) is 0 Å². The molecule has 0 bridgehead atoms. The Hall–Kier alpha value is -1.11. The highest BCUT2D eigenvalue weighted by Gasteiger charge is 2.17. The Kier molecular flexibility index (Phi) is 3.00. The van der Waals surface area contributed by atoms with Crippen LogP contribution in [0.4, 0.5) is 0 Å². The molecule has 0 saturated heterocycles. The fraction of sp³-hybridized carbons (Fsp3) is 0.364. The van der Waals surface area contributed by atoms with E-state index in [0.717, 1.165) is 26.1 Å². The Morgan fingerprint density at radius 1 is 1.47 bits per heavy atom. The average molecular weight is 264 g/mol. The molecule has 0 spiro atoms. The van der Waals surface area contributed by atoms with Crippen LogP contribution in [0.25, 0.3) is 0 Å². The zero-order chi connectivity index (χ0) is 11.7. The summed E-state index contributed by atoms with van der Waals surface area (Å²) in [5.74, 6) is 0. The first-order valence-electron chi connectivity index (χ1n) is 5.49. The minimum absolute atomic E-state index is 0.581. The third-order valence-electron chi connectivity index (χ3n) is 2.90. The van der Waals surface area contributed by atoms with Crippen LogP contribution in [-0.2, 0) is 19.5 Å². The summed E-state index contributed by atoms with van der Waals surface area (Å²) in [6.45, 7) is 2.89. The third kappa shape index (κ3) is 2.43. The molecule has 1 aliphatic heterocycles. The molecular weight excluding hydrogens is 252 g/mol. The molecule has 0 unspecified atom stereocenters. The summed E-state index contributed by atoms with van der Waals surface area (Å²) < 4.78 is 0.581. The zero-order valence-corrected chi connectivity index (χ0v) is 10.9. The molecule has 4 nitrogen and oxygen atoms in total. The minimum atomic E-state index is 0.581. The number of thiazole rings is 1. The number of fused-ring (bicyclic) bond motifs is 1. The van der Waals surface area contributed by atoms with Crippen LogP contribution < -0.4 is 0 Å². The van der Waals surface area contributed by atoms with E-state index >= 15 is 0 Å². The molecular formula is C11H12N4S2. The highest BCUT2D eigenvalue weighted by molar-refractivity contribution is 7.71. The largest absolute Gasteiger partial charge is 0.334 e. The van der Waals surface area contributed by atoms with E-state index in [2.05, 4.69) is 19.9 Å². The van der Waals surface area contributed by atoms with Crippen LogP contribution in [0.5, 0.6) is 0 Å². The molecule has 0 atom stereocenters. The van der Waals surface area contributed by atoms with Gasteiger partial charge in [-0.15, -0.1) is 11.3 Å². The molecule has 0 aromatic carbocycles. The molecule has 0 saturated carbocycles. The summed E-state index contributed by atoms with van der Waals surface area (Å²) in [4.78, 5) is 14.0. The quantitative estimate of drug-likeness (QED) is 0.844. The topological polar surface area (TPSA) is 44.8 Å². The van der Waals surface area contributed by atoms with Gasteiger partial charge in [0.15, 0.2) is 4.77 Å². The normalized spacial score (nSPS) is 15.8. The van der Waals surface area contributed by atoms with Crippen molar-refractivity contribution in [1.82, 2.24) is 19.9 Å². The maximum atomic E-state index is 5.03. The fourth-order valence-corrected chi connectivity index (χ4v) is 2.90. The monoisotopic (exact) mass is 264 g/mol. The second-order valence-corrected chi connectivity index (χ2v) is 5.44. The second kappa shape index (κ2) is 4.64. The summed E-state index contributed by atoms with van der Waals surface area (Å²) in [7, 11) is 0. The van der Waals surface area contributed by atoms with Gasteiger partial charge < -0.3 is 4.98 Å². The zero-order valence-electron chi connectivity index (χ0n) is 9.22. The van der Waals surface area contributed by atoms with Gasteiger partial charge in [-0.2, -0.15) is 0 Å². The number of aromatic amines is 1. The van der Waals surface area contributed by atoms with E-state index in [4.69, 9.17) is 12.2 Å². The summed E-state index contributed by atoms with van der Waals surface area (Å²) in [6.07, 6.45) is 4.76. The number of nitrogens with zero attached hydrogens (tertiary/aromatic N) is 3. The van der Waals surface area contributed by atoms with E-state index in [9.17, 15) is 0 Å². The van der Waals surface area contributed by atoms with Crippen molar-refractivity contribution in [1.29, 1.82) is 0 Å². The molecule has 1 N–H and O–H groups in total. The van der Waals surface area contributed by atoms with E-state index in [1.165, 1.54) is 16.3 Å². The van der Waals surface area contributed by atoms with Gasteiger partial charge in [-0.25, -0.2) is 9.97 Å². The first-order chi connectivity index (χ1) is 8.31. The van der Waals surface area contributed by atoms with Crippen LogP contribution in [0.1, 0.15) is 16.3 Å². The van der Waals surface area contributed by atoms with Crippen LogP contribution in [0.15, 0.2) is 17.8 Å². The van der Waals surface area contributed by atoms with E-state index < -0.39 is 0 Å². The van der Waals surface area contributed by atoms with Crippen molar-refractivity contribution in [2.24, 2.45) is 0 Å². The van der Waals surface area contributed by atoms with Crippen LogP contribution in [-0.4, -0.2) is 26.4 Å². The van der Waals surface area contributed by atoms with Crippen LogP contribution in [0, 0.1) is 4.77 Å². The van der Waals surface area contributed by atoms with Gasteiger partial charge in [-0.05, 0) is 12.2 Å². The molecule has 2 aromatic rings. The van der Waals surface area contributed by atoms with Gasteiger partial charge in [-0.3, -0.25) is 4.90 Å². The molecule has 6 heteroatoms. The van der Waals surface area contributed by atoms with Crippen molar-refractivity contribution in [2.45, 2.75) is 19.5 Å². The van der Waals surface area contributed by atoms with E-state index in [-0.39, 0.29) is 0 Å². The van der Waals surface area contributed by atoms with Gasteiger partial charge >= 0.3 is 0 Å². The second-order valence-electron chi connectivity index (χ2n) is 4.08. The van der Waals surface area contributed by atoms with Crippen molar-refractivity contribution >= 4 is 23.6 Å². The average Bonchev–Trinajstić information content (AvgIpc) is 2.82. The van der Waals surface area contributed by atoms with E-state index in [1.807, 2.05) is 17.8 Å². The molecule has 17 heavy (non-hydrogen) atoms. The molecule has 88 valence electrons. The fourth-order valence-electron chi connectivity index (χ4n) is 2.06. The van der Waals surface area contributed by atoms with Crippen molar-refractivity contribution in [3.63, 3.8) is 0 Å². The smallest absolute Gasteiger partial charge is 0.196 e. The first-order valence-corrected chi connectivity index (χ1v) is 6.78. The van der Waals surface area contributed by atoms with Crippen molar-refractivity contribution in [3.05, 3.63) is 38.8 Å². The Labute approximate surface area is 108 Å². The maximum Gasteiger partial charge on any atom is 0.196 e. The minimum Gasteiger partial charge on any atom is -0.334 e. The van der Waals surface area contributed by atoms with Crippen LogP contribution >= 0.6 is 23.6 Å². The third-order valence-corrected chi connectivity index (χ3v) is 3.87. The van der Waals surface area contributed by atoms with Crippen molar-refractivity contribution in [3.8, 4) is 0 Å². The SMILES string of the molecule is S=c1ncc2c([nH]1)CCN(Cc1nccs1)C2. The lowest BCUT2D eigenvalue weighted by molar-refractivity contribution is 0.242. The number of rotatable bonds is 2. The summed E-state index contributed by atoms with van der Waals surface area (Å²) in [6, 6.07) is 0. The molecule has 0 amide bonds. The maximum absolute atomic E-state index is 5.03. The van der Waals surface area contributed by atoms with Gasteiger partial charge in [-0.1, -0.05) is 0 Å². The molecule has 3 rings (SSSR count). The summed E-state index contributed by atoms with van der Waals surface area (Å²) in [5, 5.41) is 3.19. The molecule has 3 heterocycles. The molecule has 0 aliphatic carbocycles. The Bertz CT molecular complexity index is 561. The number of hydrogen-bond donors (Lipinski definition) is 1. The molecule has 0 fully saturated rings. The van der Waals surface area contributed by atoms with E-state index in [1.54, 1.807) is 11.3 Å². The van der Waals surface area contributed by atoms with Crippen LogP contribution in [0.2, 0.25) is 0 Å². The van der Waals surface area contributed by atoms with Crippen molar-refractivity contribution < 1.29 is 0 Å². The Morgan fingerprint density at radius 3 is 3.24 bits per heavy atom. The van der Waals surface area contributed by atoms with Gasteiger partial charge in [0.25, 0.3) is 0 Å². The Balaban J connectivity index is 1.76. The van der Waals surface area contributed by atoms with Gasteiger partial charge in [0.2, 0.25) is 0 Å². The van der Waals surface area contributed by atoms with Gasteiger partial charge in [0.1, 0.15) is 5.01 Å². The predicted molar refractivity (Wildman–Crippen MR) is 69.4 cm³/mol. The highest BCUT2D eigenvalue weighted by atomic mass is 32.1. The van der Waals surface area contributed by atoms with Gasteiger partial charge in [0.05, 0.1) is 6.54 Å². The number of hydrogen-bond acceptors (Lipinski definition) is 5.